The number of rotatable bonds is 1. The van der Waals surface area contributed by atoms with E-state index in [9.17, 15) is 9.59 Å². The van der Waals surface area contributed by atoms with Crippen molar-refractivity contribution in [2.75, 3.05) is 31.5 Å². The van der Waals surface area contributed by atoms with Gasteiger partial charge in [0.25, 0.3) is 0 Å². The molecule has 0 saturated carbocycles. The van der Waals surface area contributed by atoms with E-state index in [4.69, 9.17) is 4.74 Å². The molecule has 0 radical (unpaired) electrons. The number of nitrogens with one attached hydrogen (secondary N) is 1. The molecule has 1 aromatic rings. The molecule has 144 valence electrons. The number of hydrogen-bond donors (Lipinski definition) is 1. The summed E-state index contributed by atoms with van der Waals surface area (Å²) < 4.78 is 5.39. The summed E-state index contributed by atoms with van der Waals surface area (Å²) in [5, 5.41) is 3.02. The van der Waals surface area contributed by atoms with Crippen molar-refractivity contribution in [2.45, 2.75) is 52.6 Å². The molecule has 6 heteroatoms. The number of nitrogens with zero attached hydrogens (tertiary/aromatic N) is 2. The highest BCUT2D eigenvalue weighted by Gasteiger charge is 2.28. The van der Waals surface area contributed by atoms with Crippen molar-refractivity contribution in [2.24, 2.45) is 0 Å². The Morgan fingerprint density at radius 1 is 0.923 bits per heavy atom. The van der Waals surface area contributed by atoms with Gasteiger partial charge in [-0.2, -0.15) is 0 Å². The maximum absolute atomic E-state index is 12.6. The second-order valence-corrected chi connectivity index (χ2v) is 8.68. The van der Waals surface area contributed by atoms with Gasteiger partial charge in [0.2, 0.25) is 0 Å². The van der Waals surface area contributed by atoms with E-state index in [1.165, 1.54) is 0 Å². The zero-order valence-electron chi connectivity index (χ0n) is 16.8. The predicted molar refractivity (Wildman–Crippen MR) is 104 cm³/mol. The number of benzene rings is 1. The fourth-order valence-corrected chi connectivity index (χ4v) is 2.86. The second-order valence-electron chi connectivity index (χ2n) is 8.68. The third kappa shape index (κ3) is 5.38. The summed E-state index contributed by atoms with van der Waals surface area (Å²) >= 11 is 0. The molecule has 0 unspecified atom stereocenters. The fraction of sp³-hybridized carbons (Fsp3) is 0.600. The van der Waals surface area contributed by atoms with Crippen LogP contribution in [0.1, 0.15) is 47.1 Å². The number of piperazine rings is 1. The lowest BCUT2D eigenvalue weighted by atomic mass is 9.86. The van der Waals surface area contributed by atoms with Crippen LogP contribution in [0.5, 0.6) is 0 Å². The normalized spacial score (nSPS) is 15.6. The Labute approximate surface area is 156 Å². The lowest BCUT2D eigenvalue weighted by molar-refractivity contribution is 0.0174. The summed E-state index contributed by atoms with van der Waals surface area (Å²) in [5.74, 6) is 0. The molecule has 0 aromatic heterocycles. The number of ether oxygens (including phenoxy) is 1. The van der Waals surface area contributed by atoms with Crippen LogP contribution in [0.4, 0.5) is 15.3 Å². The van der Waals surface area contributed by atoms with E-state index in [1.54, 1.807) is 9.80 Å². The number of carbonyl (C=O) groups is 2. The zero-order chi connectivity index (χ0) is 19.5. The van der Waals surface area contributed by atoms with Gasteiger partial charge in [-0.1, -0.05) is 39.0 Å². The highest BCUT2D eigenvalue weighted by atomic mass is 16.6. The molecule has 2 rings (SSSR count). The van der Waals surface area contributed by atoms with Gasteiger partial charge in [-0.15, -0.1) is 0 Å². The van der Waals surface area contributed by atoms with Crippen molar-refractivity contribution in [3.63, 3.8) is 0 Å². The molecule has 0 bridgehead atoms. The number of amides is 3. The minimum Gasteiger partial charge on any atom is -0.444 e. The summed E-state index contributed by atoms with van der Waals surface area (Å²) in [6.45, 7) is 13.8. The van der Waals surface area contributed by atoms with E-state index in [2.05, 4.69) is 26.1 Å². The van der Waals surface area contributed by atoms with Gasteiger partial charge in [-0.25, -0.2) is 9.59 Å². The van der Waals surface area contributed by atoms with Gasteiger partial charge < -0.3 is 19.9 Å². The average Bonchev–Trinajstić information content (AvgIpc) is 2.53. The van der Waals surface area contributed by atoms with Crippen molar-refractivity contribution < 1.29 is 14.3 Å². The van der Waals surface area contributed by atoms with Gasteiger partial charge in [-0.3, -0.25) is 0 Å². The Balaban J connectivity index is 1.95. The molecule has 0 atom stereocenters. The molecule has 1 aliphatic heterocycles. The lowest BCUT2D eigenvalue weighted by Crippen LogP contribution is -2.52. The monoisotopic (exact) mass is 361 g/mol. The summed E-state index contributed by atoms with van der Waals surface area (Å²) in [6, 6.07) is 7.73. The van der Waals surface area contributed by atoms with E-state index in [1.807, 2.05) is 45.0 Å². The smallest absolute Gasteiger partial charge is 0.410 e. The maximum atomic E-state index is 12.6. The highest BCUT2D eigenvalue weighted by molar-refractivity contribution is 5.90. The number of carbonyl (C=O) groups excluding carboxylic acids is 2. The molecule has 6 nitrogen and oxygen atoms in total. The number of hydrogen-bond acceptors (Lipinski definition) is 3. The minimum absolute atomic E-state index is 0.0563. The first kappa shape index (κ1) is 20.1. The molecule has 1 saturated heterocycles. The predicted octanol–water partition coefficient (Wildman–Crippen LogP) is 4.07. The van der Waals surface area contributed by atoms with Gasteiger partial charge in [0.1, 0.15) is 5.60 Å². The molecule has 1 fully saturated rings. The maximum Gasteiger partial charge on any atom is 0.410 e. The van der Waals surface area contributed by atoms with E-state index in [0.717, 1.165) is 11.3 Å². The summed E-state index contributed by atoms with van der Waals surface area (Å²) in [6.07, 6.45) is -0.323. The van der Waals surface area contributed by atoms with E-state index < -0.39 is 5.60 Å². The molecule has 1 aliphatic rings. The Hall–Kier alpha value is -2.24. The SMILES string of the molecule is CC(C)(C)OC(=O)N1CCN(C(=O)Nc2ccccc2C(C)(C)C)CC1. The van der Waals surface area contributed by atoms with Gasteiger partial charge >= 0.3 is 12.1 Å². The zero-order valence-corrected chi connectivity index (χ0v) is 16.8. The summed E-state index contributed by atoms with van der Waals surface area (Å²) in [4.78, 5) is 28.1. The number of para-hydroxylation sites is 1. The molecule has 1 aromatic carbocycles. The molecule has 1 heterocycles. The Bertz CT molecular complexity index is 651. The lowest BCUT2D eigenvalue weighted by Gasteiger charge is -2.35. The third-order valence-corrected chi connectivity index (χ3v) is 4.20. The van der Waals surface area contributed by atoms with Crippen LogP contribution < -0.4 is 5.32 Å². The molecular weight excluding hydrogens is 330 g/mol. The standard InChI is InChI=1S/C20H31N3O3/c1-19(2,3)15-9-7-8-10-16(15)21-17(24)22-11-13-23(14-12-22)18(25)26-20(4,5)6/h7-10H,11-14H2,1-6H3,(H,21,24). The highest BCUT2D eigenvalue weighted by Crippen LogP contribution is 2.29. The first-order valence-corrected chi connectivity index (χ1v) is 9.11. The first-order valence-electron chi connectivity index (χ1n) is 9.11. The fourth-order valence-electron chi connectivity index (χ4n) is 2.86. The van der Waals surface area contributed by atoms with Gasteiger partial charge in [0, 0.05) is 31.9 Å². The number of urea groups is 1. The molecule has 26 heavy (non-hydrogen) atoms. The topological polar surface area (TPSA) is 61.9 Å². The van der Waals surface area contributed by atoms with Crippen LogP contribution in [0.3, 0.4) is 0 Å². The van der Waals surface area contributed by atoms with Crippen molar-refractivity contribution in [3.05, 3.63) is 29.8 Å². The van der Waals surface area contributed by atoms with Crippen LogP contribution in [0, 0.1) is 0 Å². The second kappa shape index (κ2) is 7.56. The Morgan fingerprint density at radius 2 is 1.46 bits per heavy atom. The Morgan fingerprint density at radius 3 is 2.00 bits per heavy atom. The molecule has 3 amide bonds. The Kier molecular flexibility index (Phi) is 5.84. The van der Waals surface area contributed by atoms with Crippen LogP contribution >= 0.6 is 0 Å². The molecular formula is C20H31N3O3. The van der Waals surface area contributed by atoms with Gasteiger partial charge in [0.05, 0.1) is 0 Å². The molecule has 0 aliphatic carbocycles. The van der Waals surface area contributed by atoms with Crippen LogP contribution in [-0.4, -0.2) is 53.7 Å². The largest absolute Gasteiger partial charge is 0.444 e. The minimum atomic E-state index is -0.512. The van der Waals surface area contributed by atoms with Crippen molar-refractivity contribution in [1.29, 1.82) is 0 Å². The molecule has 0 spiro atoms. The quantitative estimate of drug-likeness (QED) is 0.820. The summed E-state index contributed by atoms with van der Waals surface area (Å²) in [7, 11) is 0. The van der Waals surface area contributed by atoms with Crippen LogP contribution in [0.15, 0.2) is 24.3 Å². The van der Waals surface area contributed by atoms with E-state index >= 15 is 0 Å². The van der Waals surface area contributed by atoms with Gasteiger partial charge in [0.15, 0.2) is 0 Å². The molecule has 1 N–H and O–H groups in total. The number of anilines is 1. The van der Waals surface area contributed by atoms with Crippen molar-refractivity contribution in [3.8, 4) is 0 Å². The van der Waals surface area contributed by atoms with Crippen molar-refractivity contribution in [1.82, 2.24) is 9.80 Å². The van der Waals surface area contributed by atoms with Crippen LogP contribution in [-0.2, 0) is 10.2 Å². The van der Waals surface area contributed by atoms with Crippen LogP contribution in [0.25, 0.3) is 0 Å². The van der Waals surface area contributed by atoms with E-state index in [-0.39, 0.29) is 17.5 Å². The first-order chi connectivity index (χ1) is 12.0. The van der Waals surface area contributed by atoms with Gasteiger partial charge in [-0.05, 0) is 37.8 Å². The van der Waals surface area contributed by atoms with E-state index in [0.29, 0.717) is 26.2 Å². The van der Waals surface area contributed by atoms with Crippen LogP contribution in [0.2, 0.25) is 0 Å². The van der Waals surface area contributed by atoms with Crippen molar-refractivity contribution >= 4 is 17.8 Å². The third-order valence-electron chi connectivity index (χ3n) is 4.20. The summed E-state index contributed by atoms with van der Waals surface area (Å²) in [5.41, 5.74) is 1.36. The average molecular weight is 361 g/mol.